The molecule has 0 heterocycles. The highest BCUT2D eigenvalue weighted by Gasteiger charge is 2.46. The topological polar surface area (TPSA) is 288 Å². The number of carbonyl (C=O) groups excluding carboxylic acids is 12. The Labute approximate surface area is 551 Å². The number of nitrogens with one attached hydrogen (secondary N) is 3. The zero-order chi connectivity index (χ0) is 71.5. The summed E-state index contributed by atoms with van der Waals surface area (Å²) in [6.07, 6.45) is 2.88. The van der Waals surface area contributed by atoms with Crippen molar-refractivity contribution in [1.29, 1.82) is 0 Å². The van der Waals surface area contributed by atoms with Gasteiger partial charge in [-0.2, -0.15) is 0 Å². The van der Waals surface area contributed by atoms with E-state index in [1.807, 2.05) is 54.5 Å². The first-order valence-electron chi connectivity index (χ1n) is 32.9. The van der Waals surface area contributed by atoms with Gasteiger partial charge in [0.2, 0.25) is 47.3 Å². The monoisotopic (exact) mass is 1300 g/mol. The van der Waals surface area contributed by atoms with E-state index in [-0.39, 0.29) is 98.2 Å². The molecule has 0 rings (SSSR count). The third-order valence-corrected chi connectivity index (χ3v) is 17.1. The van der Waals surface area contributed by atoms with E-state index >= 15 is 14.4 Å². The number of esters is 2. The molecule has 0 saturated carbocycles. The van der Waals surface area contributed by atoms with Gasteiger partial charge in [0.1, 0.15) is 54.7 Å². The molecular weight excluding hydrogens is 1180 g/mol. The molecule has 0 spiro atoms. The lowest BCUT2D eigenvalue weighted by molar-refractivity contribution is -0.164. The van der Waals surface area contributed by atoms with Gasteiger partial charge in [0, 0.05) is 93.8 Å². The number of carbonyl (C=O) groups is 12. The van der Waals surface area contributed by atoms with Crippen LogP contribution in [0.5, 0.6) is 0 Å². The number of hydrogen-bond donors (Lipinski definition) is 3. The average molecular weight is 1300 g/mol. The fraction of sp³-hybridized carbons (Fsp3) is 0.794. The summed E-state index contributed by atoms with van der Waals surface area (Å²) >= 11 is 0. The fourth-order valence-corrected chi connectivity index (χ4v) is 11.3. The molecule has 24 heteroatoms. The van der Waals surface area contributed by atoms with Crippen LogP contribution in [0.15, 0.2) is 12.2 Å². The second-order valence-corrected chi connectivity index (χ2v) is 27.3. The molecule has 0 bridgehead atoms. The molecule has 0 aliphatic heterocycles. The second-order valence-electron chi connectivity index (χ2n) is 27.3. The number of likely N-dealkylation sites (N-methyl/N-ethyl adjacent to an activating group) is 7. The van der Waals surface area contributed by atoms with Gasteiger partial charge in [0.15, 0.2) is 5.78 Å². The maximum atomic E-state index is 15.3. The van der Waals surface area contributed by atoms with Crippen molar-refractivity contribution in [3.63, 3.8) is 0 Å². The molecule has 3 N–H and O–H groups in total. The highest BCUT2D eigenvalue weighted by Crippen LogP contribution is 2.28. The number of ether oxygens (including phenoxy) is 3. The first kappa shape index (κ1) is 85.7. The third kappa shape index (κ3) is 26.6. The number of amides is 8. The summed E-state index contributed by atoms with van der Waals surface area (Å²) in [6.45, 7) is 31.5. The zero-order valence-corrected chi connectivity index (χ0v) is 60.9. The van der Waals surface area contributed by atoms with Crippen molar-refractivity contribution >= 4 is 70.8 Å². The minimum absolute atomic E-state index is 0.0272. The molecule has 0 radical (unpaired) electrons. The Hall–Kier alpha value is -6.30. The van der Waals surface area contributed by atoms with E-state index in [0.717, 1.165) is 4.90 Å². The lowest BCUT2D eigenvalue weighted by Crippen LogP contribution is -2.63. The number of ketones is 2. The molecule has 0 aromatic heterocycles. The normalized spacial score (nSPS) is 16.0. The van der Waals surface area contributed by atoms with Crippen molar-refractivity contribution in [2.75, 3.05) is 76.2 Å². The van der Waals surface area contributed by atoms with E-state index in [1.54, 1.807) is 89.6 Å². The largest absolute Gasteiger partial charge is 0.462 e. The number of Topliss-reactive ketones (excluding diaryl/α,β-unsaturated/α-hetero) is 2. The SMILES string of the molecule is C/C=C/C[C@@H](C)[C@@H](OC(C)=O)[C@@H](C(=O)N[C@@H](CC)C(=O)OCCN(C)C(C)=O)N(C)C(=O)[C@H](C(C)C)N(C)C(=O)[C@H](CC(C)C)N(C)C(=O)[C@H](CC(C)C)N(C)C(=O)[C@@H](C)CC(=O)[C@H](C)CC(=O)[C@H](CC(C)C)N(C)C(=O)[C@@H](NC(=O)[C@@H](NC)[C@@H](C)COC)C(C)C. The van der Waals surface area contributed by atoms with Crippen molar-refractivity contribution < 1.29 is 71.7 Å². The van der Waals surface area contributed by atoms with Crippen molar-refractivity contribution in [3.05, 3.63) is 12.2 Å². The molecule has 8 amide bonds. The van der Waals surface area contributed by atoms with Crippen LogP contribution in [0.3, 0.4) is 0 Å². The van der Waals surface area contributed by atoms with E-state index in [4.69, 9.17) is 14.2 Å². The van der Waals surface area contributed by atoms with Crippen LogP contribution in [0.1, 0.15) is 170 Å². The highest BCUT2D eigenvalue weighted by molar-refractivity contribution is 5.98. The Morgan fingerprint density at radius 2 is 1.00 bits per heavy atom. The van der Waals surface area contributed by atoms with Gasteiger partial charge in [-0.3, -0.25) is 52.7 Å². The lowest BCUT2D eigenvalue weighted by Gasteiger charge is -2.42. The number of rotatable bonds is 42. The lowest BCUT2D eigenvalue weighted by atomic mass is 9.88. The molecule has 528 valence electrons. The van der Waals surface area contributed by atoms with Crippen LogP contribution in [0.2, 0.25) is 0 Å². The predicted octanol–water partition coefficient (Wildman–Crippen LogP) is 5.57. The summed E-state index contributed by atoms with van der Waals surface area (Å²) in [5.41, 5.74) is 0. The van der Waals surface area contributed by atoms with Crippen LogP contribution >= 0.6 is 0 Å². The number of nitrogens with zero attached hydrogens (tertiary/aromatic N) is 6. The molecular formula is C68H121N9O15. The van der Waals surface area contributed by atoms with E-state index in [0.29, 0.717) is 19.4 Å². The van der Waals surface area contributed by atoms with E-state index in [2.05, 4.69) is 16.0 Å². The van der Waals surface area contributed by atoms with Crippen LogP contribution in [0.25, 0.3) is 0 Å². The molecule has 0 unspecified atom stereocenters. The van der Waals surface area contributed by atoms with Crippen molar-refractivity contribution in [1.82, 2.24) is 45.3 Å². The Bertz CT molecular complexity index is 2470. The molecule has 24 nitrogen and oxygen atoms in total. The molecule has 0 aromatic carbocycles. The van der Waals surface area contributed by atoms with Gasteiger partial charge in [-0.1, -0.05) is 116 Å². The summed E-state index contributed by atoms with van der Waals surface area (Å²) in [6, 6.07) is -8.83. The summed E-state index contributed by atoms with van der Waals surface area (Å²) in [7, 11) is 12.0. The zero-order valence-electron chi connectivity index (χ0n) is 60.9. The Balaban J connectivity index is 7.14. The fourth-order valence-electron chi connectivity index (χ4n) is 11.3. The van der Waals surface area contributed by atoms with Gasteiger partial charge >= 0.3 is 11.9 Å². The molecule has 92 heavy (non-hydrogen) atoms. The summed E-state index contributed by atoms with van der Waals surface area (Å²) in [5, 5.41) is 8.61. The smallest absolute Gasteiger partial charge is 0.328 e. The van der Waals surface area contributed by atoms with Crippen LogP contribution in [0, 0.1) is 53.3 Å². The van der Waals surface area contributed by atoms with Crippen molar-refractivity contribution in [2.45, 2.75) is 224 Å². The molecule has 0 fully saturated rings. The predicted molar refractivity (Wildman–Crippen MR) is 355 cm³/mol. The van der Waals surface area contributed by atoms with Gasteiger partial charge in [-0.25, -0.2) is 4.79 Å². The highest BCUT2D eigenvalue weighted by atomic mass is 16.5. The Kier molecular flexibility index (Phi) is 38.6. The maximum absolute atomic E-state index is 15.3. The molecule has 0 saturated heterocycles. The first-order chi connectivity index (χ1) is 42.6. The molecule has 0 aliphatic rings. The standard InChI is InChI=1S/C68H121N9O15/c1-27-29-30-44(13)60(92-49(18)79)59(62(83)70-50(28-2)68(89)91-32-31-72(20)48(17)78)77(25)67(88)58(43(11)12)76(24)65(86)53(35-41(7)8)75(23)64(85)52(34-40(5)6)74(22)63(84)46(15)37-54(80)45(14)36-55(81)51(33-39(3)4)73(21)66(87)56(42(9)10)71-61(82)57(69-19)47(16)38-90-26/h27,29,39-47,50-53,56-60,69H,28,30-38H2,1-26H3,(H,70,83)(H,71,82)/b29-27+/t44-,45-,46+,47+,50+,51+,52+,53+,56+,57+,58+,59+,60-/m1/s1. The Morgan fingerprint density at radius 3 is 1.45 bits per heavy atom. The van der Waals surface area contributed by atoms with Crippen LogP contribution < -0.4 is 16.0 Å². The summed E-state index contributed by atoms with van der Waals surface area (Å²) in [4.78, 5) is 177. The van der Waals surface area contributed by atoms with Gasteiger partial charge in [0.05, 0.1) is 25.2 Å². The van der Waals surface area contributed by atoms with Gasteiger partial charge < -0.3 is 59.6 Å². The van der Waals surface area contributed by atoms with Crippen molar-refractivity contribution in [3.8, 4) is 0 Å². The number of allylic oxidation sites excluding steroid dienone is 2. The van der Waals surface area contributed by atoms with Gasteiger partial charge in [-0.05, 0) is 81.6 Å². The second kappa shape index (κ2) is 41.4. The van der Waals surface area contributed by atoms with Crippen LogP contribution in [0.4, 0.5) is 0 Å². The average Bonchev–Trinajstić information content (AvgIpc) is 0.811. The Morgan fingerprint density at radius 1 is 0.522 bits per heavy atom. The quantitative estimate of drug-likeness (QED) is 0.0497. The number of hydrogen-bond acceptors (Lipinski definition) is 16. The molecule has 0 aliphatic carbocycles. The first-order valence-corrected chi connectivity index (χ1v) is 32.9. The third-order valence-electron chi connectivity index (χ3n) is 17.1. The number of methoxy groups -OCH3 is 1. The van der Waals surface area contributed by atoms with Crippen LogP contribution in [-0.4, -0.2) is 231 Å². The van der Waals surface area contributed by atoms with Gasteiger partial charge in [0.25, 0.3) is 0 Å². The summed E-state index contributed by atoms with van der Waals surface area (Å²) < 4.78 is 16.6. The van der Waals surface area contributed by atoms with E-state index in [9.17, 15) is 43.2 Å². The molecule has 0 aromatic rings. The molecule has 13 atom stereocenters. The van der Waals surface area contributed by atoms with Crippen molar-refractivity contribution in [2.24, 2.45) is 53.3 Å². The minimum Gasteiger partial charge on any atom is -0.462 e. The maximum Gasteiger partial charge on any atom is 0.328 e. The van der Waals surface area contributed by atoms with E-state index in [1.165, 1.54) is 73.6 Å². The van der Waals surface area contributed by atoms with Crippen LogP contribution in [-0.2, 0) is 71.7 Å². The minimum atomic E-state index is -1.55. The van der Waals surface area contributed by atoms with E-state index < -0.39 is 125 Å². The van der Waals surface area contributed by atoms with Gasteiger partial charge in [-0.15, -0.1) is 0 Å². The summed E-state index contributed by atoms with van der Waals surface area (Å²) in [5.74, 6) is -10.4.